The molecular weight excluding hydrogens is 616 g/mol. The Bertz CT molecular complexity index is 1740. The predicted octanol–water partition coefficient (Wildman–Crippen LogP) is 8.78. The molecule has 1 aliphatic rings. The molecule has 0 radical (unpaired) electrons. The van der Waals surface area contributed by atoms with E-state index in [1.54, 1.807) is 0 Å². The molecule has 4 nitrogen and oxygen atoms in total. The van der Waals surface area contributed by atoms with E-state index >= 15 is 0 Å². The van der Waals surface area contributed by atoms with Gasteiger partial charge < -0.3 is 4.74 Å². The first-order chi connectivity index (χ1) is 19.1. The van der Waals surface area contributed by atoms with Gasteiger partial charge in [0.1, 0.15) is 18.1 Å². The Morgan fingerprint density at radius 1 is 0.795 bits per heavy atom. The maximum Gasteiger partial charge on any atom is 0.281 e. The van der Waals surface area contributed by atoms with Gasteiger partial charge in [-0.2, -0.15) is 10.1 Å². The molecule has 5 aromatic carbocycles. The molecule has 0 bridgehead atoms. The molecule has 0 N–H and O–H groups in total. The van der Waals surface area contributed by atoms with Crippen LogP contribution in [0, 0.1) is 0 Å². The molecule has 0 spiro atoms. The average Bonchev–Trinajstić information content (AvgIpc) is 3.29. The van der Waals surface area contributed by atoms with Gasteiger partial charge in [-0.25, -0.2) is 0 Å². The number of para-hydroxylation sites is 1. The summed E-state index contributed by atoms with van der Waals surface area (Å²) in [6, 6.07) is 37.6. The van der Waals surface area contributed by atoms with E-state index in [1.165, 1.54) is 5.01 Å². The van der Waals surface area contributed by atoms with Gasteiger partial charge in [-0.15, -0.1) is 0 Å². The molecule has 190 valence electrons. The summed E-state index contributed by atoms with van der Waals surface area (Å²) in [5.74, 6) is 0.452. The maximum absolute atomic E-state index is 13.8. The van der Waals surface area contributed by atoms with Gasteiger partial charge in [-0.3, -0.25) is 4.79 Å². The third kappa shape index (κ3) is 5.18. The second-order valence-corrected chi connectivity index (χ2v) is 10.8. The second kappa shape index (κ2) is 11.0. The van der Waals surface area contributed by atoms with Crippen LogP contribution in [0.15, 0.2) is 135 Å². The van der Waals surface area contributed by atoms with Crippen molar-refractivity contribution in [1.82, 2.24) is 0 Å². The topological polar surface area (TPSA) is 41.9 Å². The molecule has 0 unspecified atom stereocenters. The SMILES string of the molecule is O=C1/C(=C\c2cc(Br)cc(Br)c2OCc2cccc3ccccc23)C(c2ccccc2)=NN1c1ccccc1. The first-order valence-corrected chi connectivity index (χ1v) is 14.0. The number of halogens is 2. The van der Waals surface area contributed by atoms with Gasteiger partial charge in [0, 0.05) is 15.6 Å². The van der Waals surface area contributed by atoms with E-state index in [4.69, 9.17) is 9.84 Å². The summed E-state index contributed by atoms with van der Waals surface area (Å²) in [5.41, 5.74) is 4.52. The molecule has 0 aromatic heterocycles. The lowest BCUT2D eigenvalue weighted by molar-refractivity contribution is -0.114. The number of hydrazone groups is 1. The Kier molecular flexibility index (Phi) is 7.14. The molecule has 0 atom stereocenters. The molecule has 39 heavy (non-hydrogen) atoms. The van der Waals surface area contributed by atoms with Crippen molar-refractivity contribution < 1.29 is 9.53 Å². The first-order valence-electron chi connectivity index (χ1n) is 12.4. The van der Waals surface area contributed by atoms with Gasteiger partial charge in [-0.05, 0) is 62.6 Å². The van der Waals surface area contributed by atoms with Crippen LogP contribution in [0.5, 0.6) is 5.75 Å². The Balaban J connectivity index is 1.42. The minimum absolute atomic E-state index is 0.198. The second-order valence-electron chi connectivity index (χ2n) is 9.06. The molecule has 6 heteroatoms. The van der Waals surface area contributed by atoms with Crippen molar-refractivity contribution in [2.45, 2.75) is 6.61 Å². The smallest absolute Gasteiger partial charge is 0.281 e. The van der Waals surface area contributed by atoms with Crippen molar-refractivity contribution >= 4 is 66.0 Å². The molecule has 0 fully saturated rings. The summed E-state index contributed by atoms with van der Waals surface area (Å²) in [4.78, 5) is 13.8. The van der Waals surface area contributed by atoms with E-state index in [0.29, 0.717) is 29.3 Å². The number of nitrogens with zero attached hydrogens (tertiary/aromatic N) is 2. The minimum Gasteiger partial charge on any atom is -0.487 e. The van der Waals surface area contributed by atoms with Crippen molar-refractivity contribution in [2.75, 3.05) is 5.01 Å². The van der Waals surface area contributed by atoms with Crippen LogP contribution in [0.4, 0.5) is 5.69 Å². The van der Waals surface area contributed by atoms with Gasteiger partial charge in [-0.1, -0.05) is 107 Å². The van der Waals surface area contributed by atoms with Gasteiger partial charge in [0.05, 0.1) is 15.7 Å². The molecule has 0 saturated carbocycles. The highest BCUT2D eigenvalue weighted by Crippen LogP contribution is 2.37. The molecule has 6 rings (SSSR count). The van der Waals surface area contributed by atoms with Crippen molar-refractivity contribution in [1.29, 1.82) is 0 Å². The number of carbonyl (C=O) groups excluding carboxylic acids is 1. The Hall–Kier alpha value is -4.00. The van der Waals surface area contributed by atoms with Crippen LogP contribution >= 0.6 is 31.9 Å². The highest BCUT2D eigenvalue weighted by molar-refractivity contribution is 9.11. The monoisotopic (exact) mass is 636 g/mol. The Morgan fingerprint density at radius 3 is 2.28 bits per heavy atom. The number of hydrogen-bond acceptors (Lipinski definition) is 3. The van der Waals surface area contributed by atoms with Gasteiger partial charge >= 0.3 is 0 Å². The standard InChI is InChI=1S/C33H22Br2N2O2/c34-26-18-25(32(30(35)20-26)39-21-24-14-9-13-22-10-7-8-17-28(22)24)19-29-31(23-11-3-1-4-12-23)36-37(33(29)38)27-15-5-2-6-16-27/h1-20H,21H2/b29-19-. The summed E-state index contributed by atoms with van der Waals surface area (Å²) < 4.78 is 8.09. The number of amides is 1. The quantitative estimate of drug-likeness (QED) is 0.175. The van der Waals surface area contributed by atoms with Crippen molar-refractivity contribution in [3.63, 3.8) is 0 Å². The lowest BCUT2D eigenvalue weighted by atomic mass is 10.00. The van der Waals surface area contributed by atoms with Crippen LogP contribution in [0.25, 0.3) is 16.8 Å². The van der Waals surface area contributed by atoms with E-state index < -0.39 is 0 Å². The number of benzene rings is 5. The maximum atomic E-state index is 13.8. The van der Waals surface area contributed by atoms with Crippen LogP contribution in [0.1, 0.15) is 16.7 Å². The van der Waals surface area contributed by atoms with Crippen LogP contribution in [-0.4, -0.2) is 11.6 Å². The van der Waals surface area contributed by atoms with E-state index in [-0.39, 0.29) is 5.91 Å². The molecule has 1 amide bonds. The predicted molar refractivity (Wildman–Crippen MR) is 165 cm³/mol. The van der Waals surface area contributed by atoms with Crippen molar-refractivity contribution in [3.8, 4) is 5.75 Å². The van der Waals surface area contributed by atoms with Gasteiger partial charge in [0.2, 0.25) is 0 Å². The number of carbonyl (C=O) groups is 1. The summed E-state index contributed by atoms with van der Waals surface area (Å²) in [7, 11) is 0. The van der Waals surface area contributed by atoms with Crippen molar-refractivity contribution in [3.05, 3.63) is 146 Å². The summed E-state index contributed by atoms with van der Waals surface area (Å²) in [6.45, 7) is 0.376. The van der Waals surface area contributed by atoms with Gasteiger partial charge in [0.15, 0.2) is 0 Å². The fourth-order valence-corrected chi connectivity index (χ4v) is 6.03. The average molecular weight is 638 g/mol. The number of hydrogen-bond donors (Lipinski definition) is 0. The number of anilines is 1. The lowest BCUT2D eigenvalue weighted by Gasteiger charge is -2.15. The number of rotatable bonds is 6. The van der Waals surface area contributed by atoms with Crippen LogP contribution in [0.3, 0.4) is 0 Å². The highest BCUT2D eigenvalue weighted by atomic mass is 79.9. The molecule has 0 saturated heterocycles. The summed E-state index contributed by atoms with van der Waals surface area (Å²) in [5, 5.41) is 8.53. The molecular formula is C33H22Br2N2O2. The molecule has 1 heterocycles. The third-order valence-corrected chi connectivity index (χ3v) is 7.56. The zero-order valence-electron chi connectivity index (χ0n) is 20.7. The first kappa shape index (κ1) is 25.3. The van der Waals surface area contributed by atoms with Crippen LogP contribution < -0.4 is 9.75 Å². The minimum atomic E-state index is -0.198. The number of fused-ring (bicyclic) bond motifs is 1. The van der Waals surface area contributed by atoms with E-state index in [2.05, 4.69) is 56.1 Å². The Labute approximate surface area is 243 Å². The van der Waals surface area contributed by atoms with Crippen LogP contribution in [0.2, 0.25) is 0 Å². The van der Waals surface area contributed by atoms with E-state index in [1.807, 2.05) is 97.1 Å². The zero-order chi connectivity index (χ0) is 26.8. The number of ether oxygens (including phenoxy) is 1. The normalized spacial score (nSPS) is 14.2. The Morgan fingerprint density at radius 2 is 1.49 bits per heavy atom. The fraction of sp³-hybridized carbons (Fsp3) is 0.0303. The molecule has 0 aliphatic carbocycles. The third-order valence-electron chi connectivity index (χ3n) is 6.51. The highest BCUT2D eigenvalue weighted by Gasteiger charge is 2.32. The van der Waals surface area contributed by atoms with Crippen molar-refractivity contribution in [2.24, 2.45) is 5.10 Å². The molecule has 1 aliphatic heterocycles. The van der Waals surface area contributed by atoms with Gasteiger partial charge in [0.25, 0.3) is 5.91 Å². The van der Waals surface area contributed by atoms with E-state index in [0.717, 1.165) is 36.4 Å². The van der Waals surface area contributed by atoms with E-state index in [9.17, 15) is 4.79 Å². The largest absolute Gasteiger partial charge is 0.487 e. The zero-order valence-corrected chi connectivity index (χ0v) is 23.9. The lowest BCUT2D eigenvalue weighted by Crippen LogP contribution is -2.21. The molecule has 5 aromatic rings. The summed E-state index contributed by atoms with van der Waals surface area (Å²) in [6.07, 6.45) is 1.87. The fourth-order valence-electron chi connectivity index (χ4n) is 4.66. The van der Waals surface area contributed by atoms with Crippen LogP contribution in [-0.2, 0) is 11.4 Å². The summed E-state index contributed by atoms with van der Waals surface area (Å²) >= 11 is 7.29.